The summed E-state index contributed by atoms with van der Waals surface area (Å²) in [6.45, 7) is 3.26. The van der Waals surface area contributed by atoms with Gasteiger partial charge in [0.05, 0.1) is 0 Å². The molecule has 0 aromatic heterocycles. The molecule has 0 saturated heterocycles. The van der Waals surface area contributed by atoms with Crippen LogP contribution in [0.5, 0.6) is 0 Å². The Hall–Kier alpha value is 1.64. The Kier molecular flexibility index (Phi) is 3.27. The molecule has 5 heteroatoms. The van der Waals surface area contributed by atoms with Gasteiger partial charge in [-0.3, -0.25) is 0 Å². The Labute approximate surface area is 76.5 Å². The Morgan fingerprint density at radius 1 is 1.12 bits per heavy atom. The largest absolute Gasteiger partial charge is 0.204 e. The minimum absolute atomic E-state index is 1.39. The molecule has 0 saturated carbocycles. The molecular weight excluding hydrogens is 258 g/mol. The predicted molar refractivity (Wildman–Crippen MR) is 43.2 cm³/mol. The van der Waals surface area contributed by atoms with E-state index in [1.165, 1.54) is 0 Å². The fourth-order valence-electron chi connectivity index (χ4n) is 0. The van der Waals surface area contributed by atoms with Crippen molar-refractivity contribution in [2.75, 3.05) is 0 Å². The molecule has 0 nitrogen and oxygen atoms in total. The Balaban J connectivity index is 4.02. The second-order valence-corrected chi connectivity index (χ2v) is 6.12. The summed E-state index contributed by atoms with van der Waals surface area (Å²) in [6, 6.07) is 0. The predicted octanol–water partition coefficient (Wildman–Crippen LogP) is 3.52. The maximum atomic E-state index is 5.36. The molecule has 0 aliphatic carbocycles. The van der Waals surface area contributed by atoms with Crippen molar-refractivity contribution in [3.63, 3.8) is 0 Å². The van der Waals surface area contributed by atoms with Crippen molar-refractivity contribution in [3.8, 4) is 0 Å². The Morgan fingerprint density at radius 3 is 1.25 bits per heavy atom. The maximum Gasteiger partial charge on any atom is 0.204 e. The molecule has 0 aliphatic rings. The van der Waals surface area contributed by atoms with Crippen molar-refractivity contribution < 1.29 is 0 Å². The molecule has 1 radical (unpaired) electrons. The van der Waals surface area contributed by atoms with Crippen molar-refractivity contribution in [2.24, 2.45) is 0 Å². The first kappa shape index (κ1) is 9.64. The van der Waals surface area contributed by atoms with Gasteiger partial charge >= 0.3 is 0 Å². The van der Waals surface area contributed by atoms with E-state index in [9.17, 15) is 0 Å². The lowest BCUT2D eigenvalue weighted by molar-refractivity contribution is 1.02. The van der Waals surface area contributed by atoms with Crippen LogP contribution in [-0.2, 0) is 0 Å². The van der Waals surface area contributed by atoms with Crippen LogP contribution in [0.3, 0.4) is 0 Å². The van der Waals surface area contributed by atoms with Crippen molar-refractivity contribution in [3.05, 3.63) is 6.92 Å². The summed E-state index contributed by atoms with van der Waals surface area (Å²) in [7, 11) is 0. The van der Waals surface area contributed by atoms with E-state index < -0.39 is 7.58 Å². The van der Waals surface area contributed by atoms with Gasteiger partial charge in [0, 0.05) is 0 Å². The van der Waals surface area contributed by atoms with Gasteiger partial charge in [-0.15, -0.1) is 0 Å². The third kappa shape index (κ3) is 2.98. The van der Waals surface area contributed by atoms with Crippen molar-refractivity contribution in [2.45, 2.75) is 7.58 Å². The summed E-state index contributed by atoms with van der Waals surface area (Å²) in [4.78, 5) is 0. The first-order chi connectivity index (χ1) is 3.25. The molecule has 0 rings (SSSR count). The average Bonchev–Trinajstić information content (AvgIpc) is 1.25. The van der Waals surface area contributed by atoms with E-state index >= 15 is 0 Å². The molecule has 0 spiro atoms. The highest BCUT2D eigenvalue weighted by molar-refractivity contribution is 9.11. The molecule has 49 valence electrons. The van der Waals surface area contributed by atoms with E-state index in [0.717, 1.165) is 0 Å². The second-order valence-electron chi connectivity index (χ2n) is 1.20. The fourth-order valence-corrected chi connectivity index (χ4v) is 0. The minimum atomic E-state index is -1.42. The van der Waals surface area contributed by atoms with Crippen LogP contribution in [0.2, 0.25) is 0 Å². The van der Waals surface area contributed by atoms with Gasteiger partial charge in [-0.05, 0) is 22.9 Å². The van der Waals surface area contributed by atoms with Crippen LogP contribution in [0, 0.1) is 6.92 Å². The van der Waals surface area contributed by atoms with Crippen LogP contribution in [0.4, 0.5) is 0 Å². The molecule has 0 aromatic rings. The summed E-state index contributed by atoms with van der Waals surface area (Å²) in [5.74, 6) is 0. The summed E-state index contributed by atoms with van der Waals surface area (Å²) >= 11 is 24.2. The number of hydrogen-bond acceptors (Lipinski definition) is 0. The van der Waals surface area contributed by atoms with E-state index in [2.05, 4.69) is 22.9 Å². The number of halogens is 5. The number of alkyl halides is 5. The van der Waals surface area contributed by atoms with Gasteiger partial charge in [0.2, 0.25) is 3.24 Å². The molecule has 0 aromatic carbocycles. The van der Waals surface area contributed by atoms with Crippen LogP contribution in [0.25, 0.3) is 0 Å². The third-order valence-electron chi connectivity index (χ3n) is 0.415. The Bertz CT molecular complexity index is 66.3. The van der Waals surface area contributed by atoms with Gasteiger partial charge < -0.3 is 0 Å². The van der Waals surface area contributed by atoms with Gasteiger partial charge in [-0.2, -0.15) is 0 Å². The second kappa shape index (κ2) is 2.71. The summed E-state index contributed by atoms with van der Waals surface area (Å²) in [6.07, 6.45) is 0. The first-order valence-electron chi connectivity index (χ1n) is 1.55. The van der Waals surface area contributed by atoms with Crippen LogP contribution in [-0.4, -0.2) is 7.58 Å². The molecule has 0 amide bonds. The van der Waals surface area contributed by atoms with Gasteiger partial charge in [0.1, 0.15) is 0 Å². The molecule has 0 bridgehead atoms. The number of rotatable bonds is 1. The van der Waals surface area contributed by atoms with Crippen molar-refractivity contribution >= 4 is 62.3 Å². The SMILES string of the molecule is [CH2]C(Cl)(Cl)C(Cl)(Cl)Br. The lowest BCUT2D eigenvalue weighted by Crippen LogP contribution is -2.26. The first-order valence-corrected chi connectivity index (χ1v) is 3.85. The molecule has 0 heterocycles. The maximum absolute atomic E-state index is 5.36. The van der Waals surface area contributed by atoms with E-state index in [1.54, 1.807) is 0 Å². The zero-order valence-electron chi connectivity index (χ0n) is 3.60. The topological polar surface area (TPSA) is 0 Å². The van der Waals surface area contributed by atoms with Crippen LogP contribution >= 0.6 is 62.3 Å². The van der Waals surface area contributed by atoms with Crippen molar-refractivity contribution in [1.29, 1.82) is 0 Å². The van der Waals surface area contributed by atoms with Gasteiger partial charge in [-0.25, -0.2) is 0 Å². The lowest BCUT2D eigenvalue weighted by Gasteiger charge is -2.22. The number of hydrogen-bond donors (Lipinski definition) is 0. The quantitative estimate of drug-likeness (QED) is 0.632. The van der Waals surface area contributed by atoms with Crippen LogP contribution < -0.4 is 0 Å². The monoisotopic (exact) mass is 257 g/mol. The molecule has 0 fully saturated rings. The highest BCUT2D eigenvalue weighted by Gasteiger charge is 2.40. The Morgan fingerprint density at radius 2 is 1.25 bits per heavy atom. The highest BCUT2D eigenvalue weighted by atomic mass is 79.9. The summed E-state index contributed by atoms with van der Waals surface area (Å²) in [5.41, 5.74) is 0. The standard InChI is InChI=1S/C3H2BrCl4/c1-2(5,6)3(4,7)8/h1H2. The molecule has 0 atom stereocenters. The van der Waals surface area contributed by atoms with E-state index in [4.69, 9.17) is 46.4 Å². The zero-order valence-corrected chi connectivity index (χ0v) is 8.21. The molecule has 0 unspecified atom stereocenters. The highest BCUT2D eigenvalue weighted by Crippen LogP contribution is 2.46. The van der Waals surface area contributed by atoms with Crippen molar-refractivity contribution in [1.82, 2.24) is 0 Å². The minimum Gasteiger partial charge on any atom is -0.0973 e. The summed E-state index contributed by atoms with van der Waals surface area (Å²) < 4.78 is -2.81. The summed E-state index contributed by atoms with van der Waals surface area (Å²) in [5, 5.41) is 0. The fraction of sp³-hybridized carbons (Fsp3) is 0.667. The normalized spacial score (nSPS) is 14.2. The smallest absolute Gasteiger partial charge is 0.0973 e. The molecule has 0 N–H and O–H groups in total. The van der Waals surface area contributed by atoms with Gasteiger partial charge in [0.25, 0.3) is 0 Å². The van der Waals surface area contributed by atoms with Crippen LogP contribution in [0.1, 0.15) is 0 Å². The lowest BCUT2D eigenvalue weighted by atomic mass is 10.5. The van der Waals surface area contributed by atoms with E-state index in [0.29, 0.717) is 0 Å². The van der Waals surface area contributed by atoms with E-state index in [-0.39, 0.29) is 0 Å². The molecule has 0 aliphatic heterocycles. The van der Waals surface area contributed by atoms with Gasteiger partial charge in [0.15, 0.2) is 4.33 Å². The van der Waals surface area contributed by atoms with E-state index in [1.807, 2.05) is 0 Å². The van der Waals surface area contributed by atoms with Crippen LogP contribution in [0.15, 0.2) is 0 Å². The average molecular weight is 260 g/mol. The van der Waals surface area contributed by atoms with Gasteiger partial charge in [-0.1, -0.05) is 46.4 Å². The molecule has 8 heavy (non-hydrogen) atoms. The third-order valence-corrected chi connectivity index (χ3v) is 3.15. The zero-order chi connectivity index (χ0) is 7.00. The molecular formula is C3H2BrCl4.